The summed E-state index contributed by atoms with van der Waals surface area (Å²) in [7, 11) is 0. The van der Waals surface area contributed by atoms with Crippen LogP contribution in [0, 0.1) is 0 Å². The fraction of sp³-hybridized carbons (Fsp3) is 0.407. The molecule has 1 aliphatic heterocycles. The van der Waals surface area contributed by atoms with Crippen molar-refractivity contribution in [3.05, 3.63) is 69.2 Å². The van der Waals surface area contributed by atoms with Crippen molar-refractivity contribution in [2.24, 2.45) is 0 Å². The van der Waals surface area contributed by atoms with Gasteiger partial charge in [-0.3, -0.25) is 24.1 Å². The molecule has 2 atom stereocenters. The minimum atomic E-state index is -0.680. The van der Waals surface area contributed by atoms with Crippen LogP contribution in [0.4, 0.5) is 0 Å². The zero-order valence-corrected chi connectivity index (χ0v) is 22.2. The SMILES string of the molecule is CCC(C)NC(=O)C(CC)N(Cc1ccc(Cl)c(Cl)c1)C(=O)CCCN1C(=O)c2ccccc2C1=O. The molecule has 0 spiro atoms. The molecule has 0 aromatic heterocycles. The Morgan fingerprint density at radius 3 is 2.17 bits per heavy atom. The highest BCUT2D eigenvalue weighted by Crippen LogP contribution is 2.25. The predicted molar refractivity (Wildman–Crippen MR) is 140 cm³/mol. The second kappa shape index (κ2) is 12.4. The van der Waals surface area contributed by atoms with Crippen molar-refractivity contribution < 1.29 is 19.2 Å². The van der Waals surface area contributed by atoms with E-state index in [-0.39, 0.29) is 55.6 Å². The first kappa shape index (κ1) is 27.7. The molecule has 0 saturated carbocycles. The highest BCUT2D eigenvalue weighted by molar-refractivity contribution is 6.42. The first-order chi connectivity index (χ1) is 17.2. The van der Waals surface area contributed by atoms with E-state index in [1.807, 2.05) is 20.8 Å². The summed E-state index contributed by atoms with van der Waals surface area (Å²) in [5.41, 5.74) is 1.50. The number of carbonyl (C=O) groups excluding carboxylic acids is 4. The second-order valence-electron chi connectivity index (χ2n) is 8.92. The highest BCUT2D eigenvalue weighted by atomic mass is 35.5. The summed E-state index contributed by atoms with van der Waals surface area (Å²) in [5, 5.41) is 3.74. The monoisotopic (exact) mass is 531 g/mol. The van der Waals surface area contributed by atoms with Gasteiger partial charge in [-0.2, -0.15) is 0 Å². The van der Waals surface area contributed by atoms with E-state index >= 15 is 0 Å². The number of hydrogen-bond acceptors (Lipinski definition) is 4. The molecule has 0 saturated heterocycles. The van der Waals surface area contributed by atoms with Crippen molar-refractivity contribution in [1.82, 2.24) is 15.1 Å². The molecule has 3 rings (SSSR count). The Balaban J connectivity index is 1.73. The average molecular weight is 532 g/mol. The van der Waals surface area contributed by atoms with Gasteiger partial charge in [-0.25, -0.2) is 0 Å². The number of nitrogens with zero attached hydrogens (tertiary/aromatic N) is 2. The number of fused-ring (bicyclic) bond motifs is 1. The molecule has 1 heterocycles. The van der Waals surface area contributed by atoms with Crippen LogP contribution in [0.25, 0.3) is 0 Å². The standard InChI is InChI=1S/C27H31Cl2N3O4/c1-4-17(3)30-25(34)23(5-2)32(16-18-12-13-21(28)22(29)15-18)24(33)11-8-14-31-26(35)19-9-6-7-10-20(19)27(31)36/h6-7,9-10,12-13,15,17,23H,4-5,8,11,14,16H2,1-3H3,(H,30,34). The lowest BCUT2D eigenvalue weighted by molar-refractivity contribution is -0.141. The molecule has 192 valence electrons. The third kappa shape index (κ3) is 6.26. The molecule has 2 aromatic carbocycles. The summed E-state index contributed by atoms with van der Waals surface area (Å²) in [6.07, 6.45) is 1.55. The Morgan fingerprint density at radius 2 is 1.61 bits per heavy atom. The molecule has 2 aromatic rings. The van der Waals surface area contributed by atoms with Crippen LogP contribution in [0.5, 0.6) is 0 Å². The number of carbonyl (C=O) groups is 4. The van der Waals surface area contributed by atoms with Gasteiger partial charge in [-0.1, -0.05) is 55.2 Å². The Bertz CT molecular complexity index is 1120. The summed E-state index contributed by atoms with van der Waals surface area (Å²) in [6, 6.07) is 11.1. The van der Waals surface area contributed by atoms with Gasteiger partial charge < -0.3 is 10.2 Å². The predicted octanol–water partition coefficient (Wildman–Crippen LogP) is 5.09. The molecule has 0 bridgehead atoms. The van der Waals surface area contributed by atoms with Gasteiger partial charge in [0.05, 0.1) is 21.2 Å². The van der Waals surface area contributed by atoms with Crippen molar-refractivity contribution in [2.45, 2.75) is 65.1 Å². The van der Waals surface area contributed by atoms with Crippen LogP contribution in [-0.4, -0.2) is 52.1 Å². The largest absolute Gasteiger partial charge is 0.352 e. The topological polar surface area (TPSA) is 86.8 Å². The van der Waals surface area contributed by atoms with Gasteiger partial charge in [0, 0.05) is 25.6 Å². The summed E-state index contributed by atoms with van der Waals surface area (Å²) in [6.45, 7) is 6.04. The minimum Gasteiger partial charge on any atom is -0.352 e. The lowest BCUT2D eigenvalue weighted by atomic mass is 10.1. The fourth-order valence-electron chi connectivity index (χ4n) is 4.17. The van der Waals surface area contributed by atoms with E-state index in [1.54, 1.807) is 47.4 Å². The average Bonchev–Trinajstić information content (AvgIpc) is 3.10. The third-order valence-corrected chi connectivity index (χ3v) is 7.11. The van der Waals surface area contributed by atoms with Crippen molar-refractivity contribution >= 4 is 46.8 Å². The Morgan fingerprint density at radius 1 is 0.972 bits per heavy atom. The normalized spacial score (nSPS) is 14.4. The fourth-order valence-corrected chi connectivity index (χ4v) is 4.49. The van der Waals surface area contributed by atoms with Gasteiger partial charge >= 0.3 is 0 Å². The molecular weight excluding hydrogens is 501 g/mol. The van der Waals surface area contributed by atoms with E-state index in [0.717, 1.165) is 12.0 Å². The zero-order valence-electron chi connectivity index (χ0n) is 20.7. The summed E-state index contributed by atoms with van der Waals surface area (Å²) < 4.78 is 0. The molecule has 1 N–H and O–H groups in total. The maximum Gasteiger partial charge on any atom is 0.261 e. The van der Waals surface area contributed by atoms with Crippen LogP contribution < -0.4 is 5.32 Å². The second-order valence-corrected chi connectivity index (χ2v) is 9.74. The zero-order chi connectivity index (χ0) is 26.4. The summed E-state index contributed by atoms with van der Waals surface area (Å²) >= 11 is 12.2. The number of nitrogens with one attached hydrogen (secondary N) is 1. The van der Waals surface area contributed by atoms with E-state index in [1.165, 1.54) is 4.90 Å². The van der Waals surface area contributed by atoms with Gasteiger partial charge in [0.25, 0.3) is 11.8 Å². The summed E-state index contributed by atoms with van der Waals surface area (Å²) in [5.74, 6) is -1.17. The Hall–Kier alpha value is -2.90. The number of imide groups is 1. The van der Waals surface area contributed by atoms with E-state index in [4.69, 9.17) is 23.2 Å². The number of halogens is 2. The van der Waals surface area contributed by atoms with Crippen LogP contribution in [0.1, 0.15) is 72.7 Å². The third-order valence-electron chi connectivity index (χ3n) is 6.37. The minimum absolute atomic E-state index is 0.0256. The molecule has 0 aliphatic carbocycles. The first-order valence-corrected chi connectivity index (χ1v) is 12.9. The van der Waals surface area contributed by atoms with Gasteiger partial charge in [-0.05, 0) is 56.0 Å². The smallest absolute Gasteiger partial charge is 0.261 e. The molecule has 0 radical (unpaired) electrons. The molecule has 1 aliphatic rings. The number of benzene rings is 2. The van der Waals surface area contributed by atoms with Gasteiger partial charge in [0.2, 0.25) is 11.8 Å². The number of hydrogen-bond donors (Lipinski definition) is 1. The number of amides is 4. The maximum absolute atomic E-state index is 13.4. The maximum atomic E-state index is 13.4. The van der Waals surface area contributed by atoms with Crippen LogP contribution >= 0.6 is 23.2 Å². The van der Waals surface area contributed by atoms with Crippen molar-refractivity contribution in [2.75, 3.05) is 6.54 Å². The van der Waals surface area contributed by atoms with Crippen molar-refractivity contribution in [1.29, 1.82) is 0 Å². The van der Waals surface area contributed by atoms with Gasteiger partial charge in [0.15, 0.2) is 0 Å². The van der Waals surface area contributed by atoms with E-state index in [9.17, 15) is 19.2 Å². The molecular formula is C27H31Cl2N3O4. The van der Waals surface area contributed by atoms with E-state index in [0.29, 0.717) is 27.6 Å². The van der Waals surface area contributed by atoms with Crippen LogP contribution in [0.3, 0.4) is 0 Å². The van der Waals surface area contributed by atoms with Crippen molar-refractivity contribution in [3.63, 3.8) is 0 Å². The van der Waals surface area contributed by atoms with Crippen molar-refractivity contribution in [3.8, 4) is 0 Å². The highest BCUT2D eigenvalue weighted by Gasteiger charge is 2.35. The molecule has 36 heavy (non-hydrogen) atoms. The lowest BCUT2D eigenvalue weighted by Crippen LogP contribution is -2.50. The van der Waals surface area contributed by atoms with Crippen LogP contribution in [0.2, 0.25) is 10.0 Å². The lowest BCUT2D eigenvalue weighted by Gasteiger charge is -2.31. The van der Waals surface area contributed by atoms with Crippen LogP contribution in [0.15, 0.2) is 42.5 Å². The van der Waals surface area contributed by atoms with Gasteiger partial charge in [-0.15, -0.1) is 0 Å². The Labute approximate surface area is 221 Å². The van der Waals surface area contributed by atoms with E-state index < -0.39 is 6.04 Å². The molecule has 0 fully saturated rings. The molecule has 9 heteroatoms. The van der Waals surface area contributed by atoms with E-state index in [2.05, 4.69) is 5.32 Å². The molecule has 2 unspecified atom stereocenters. The quantitative estimate of drug-likeness (QED) is 0.409. The number of rotatable bonds is 11. The van der Waals surface area contributed by atoms with Gasteiger partial charge in [0.1, 0.15) is 6.04 Å². The molecule has 7 nitrogen and oxygen atoms in total. The molecule has 4 amide bonds. The Kier molecular flexibility index (Phi) is 9.51. The van der Waals surface area contributed by atoms with Crippen LogP contribution in [-0.2, 0) is 16.1 Å². The summed E-state index contributed by atoms with van der Waals surface area (Å²) in [4.78, 5) is 54.4. The first-order valence-electron chi connectivity index (χ1n) is 12.2.